The van der Waals surface area contributed by atoms with E-state index in [4.69, 9.17) is 4.74 Å². The van der Waals surface area contributed by atoms with Gasteiger partial charge in [0.25, 0.3) is 0 Å². The monoisotopic (exact) mass is 349 g/mol. The zero-order valence-electron chi connectivity index (χ0n) is 15.1. The number of rotatable bonds is 2. The minimum absolute atomic E-state index is 0.886. The lowest BCUT2D eigenvalue weighted by Gasteiger charge is -2.30. The standard InChI is InChI=1S/C25H19NO/c1-26-22-16-20(18-8-4-2-5-9-18)12-14-24(22)27-25-15-13-21(17-23(25)26)19-10-6-3-7-11-19/h2-17H,1H3. The molecule has 0 saturated heterocycles. The van der Waals surface area contributed by atoms with E-state index in [2.05, 4.69) is 96.9 Å². The molecule has 4 aromatic rings. The first-order valence-electron chi connectivity index (χ1n) is 9.10. The minimum Gasteiger partial charge on any atom is -0.453 e. The molecular formula is C25H19NO. The molecule has 0 radical (unpaired) electrons. The Hall–Kier alpha value is -3.52. The molecule has 0 aromatic heterocycles. The van der Waals surface area contributed by atoms with Gasteiger partial charge in [-0.05, 0) is 46.5 Å². The number of benzene rings is 4. The van der Waals surface area contributed by atoms with Crippen LogP contribution in [0.2, 0.25) is 0 Å². The molecule has 130 valence electrons. The highest BCUT2D eigenvalue weighted by Gasteiger charge is 2.22. The normalized spacial score (nSPS) is 12.1. The van der Waals surface area contributed by atoms with E-state index in [9.17, 15) is 0 Å². The molecule has 2 nitrogen and oxygen atoms in total. The quantitative estimate of drug-likeness (QED) is 0.390. The Morgan fingerprint density at radius 2 is 0.963 bits per heavy atom. The van der Waals surface area contributed by atoms with Gasteiger partial charge in [-0.15, -0.1) is 0 Å². The van der Waals surface area contributed by atoms with Crippen LogP contribution in [0.15, 0.2) is 97.1 Å². The molecule has 0 saturated carbocycles. The van der Waals surface area contributed by atoms with Gasteiger partial charge in [0, 0.05) is 7.05 Å². The van der Waals surface area contributed by atoms with Crippen molar-refractivity contribution >= 4 is 11.4 Å². The van der Waals surface area contributed by atoms with Gasteiger partial charge in [0.1, 0.15) is 0 Å². The van der Waals surface area contributed by atoms with Gasteiger partial charge in [-0.2, -0.15) is 0 Å². The first-order chi connectivity index (χ1) is 13.3. The lowest BCUT2D eigenvalue weighted by molar-refractivity contribution is 0.475. The summed E-state index contributed by atoms with van der Waals surface area (Å²) in [6.07, 6.45) is 0. The molecule has 0 bridgehead atoms. The van der Waals surface area contributed by atoms with Crippen molar-refractivity contribution in [3.05, 3.63) is 97.1 Å². The van der Waals surface area contributed by atoms with Crippen molar-refractivity contribution in [2.24, 2.45) is 0 Å². The van der Waals surface area contributed by atoms with Crippen molar-refractivity contribution in [3.63, 3.8) is 0 Å². The Bertz CT molecular complexity index is 1010. The predicted molar refractivity (Wildman–Crippen MR) is 112 cm³/mol. The molecule has 0 aliphatic carbocycles. The van der Waals surface area contributed by atoms with Gasteiger partial charge in [-0.1, -0.05) is 72.8 Å². The van der Waals surface area contributed by atoms with E-state index < -0.39 is 0 Å². The second-order valence-electron chi connectivity index (χ2n) is 6.76. The minimum atomic E-state index is 0.886. The number of anilines is 2. The molecule has 1 aliphatic rings. The Balaban J connectivity index is 1.57. The molecule has 27 heavy (non-hydrogen) atoms. The van der Waals surface area contributed by atoms with Gasteiger partial charge in [0.05, 0.1) is 11.4 Å². The van der Waals surface area contributed by atoms with Gasteiger partial charge in [0.2, 0.25) is 0 Å². The van der Waals surface area contributed by atoms with E-state index in [1.54, 1.807) is 0 Å². The highest BCUT2D eigenvalue weighted by Crippen LogP contribution is 2.48. The number of fused-ring (bicyclic) bond motifs is 2. The highest BCUT2D eigenvalue weighted by molar-refractivity contribution is 5.84. The van der Waals surface area contributed by atoms with Crippen LogP contribution in [0.5, 0.6) is 11.5 Å². The largest absolute Gasteiger partial charge is 0.453 e. The molecule has 4 aromatic carbocycles. The lowest BCUT2D eigenvalue weighted by Crippen LogP contribution is -2.15. The zero-order valence-corrected chi connectivity index (χ0v) is 15.1. The smallest absolute Gasteiger partial charge is 0.151 e. The van der Waals surface area contributed by atoms with E-state index in [1.165, 1.54) is 22.3 Å². The van der Waals surface area contributed by atoms with Crippen LogP contribution < -0.4 is 9.64 Å². The van der Waals surface area contributed by atoms with Crippen LogP contribution in [0, 0.1) is 0 Å². The first-order valence-corrected chi connectivity index (χ1v) is 9.10. The maximum absolute atomic E-state index is 6.19. The summed E-state index contributed by atoms with van der Waals surface area (Å²) in [6, 6.07) is 33.6. The number of nitrogens with zero attached hydrogens (tertiary/aromatic N) is 1. The molecule has 1 heterocycles. The van der Waals surface area contributed by atoms with Crippen LogP contribution in [-0.2, 0) is 0 Å². The van der Waals surface area contributed by atoms with Crippen molar-refractivity contribution < 1.29 is 4.74 Å². The third-order valence-electron chi connectivity index (χ3n) is 5.07. The summed E-state index contributed by atoms with van der Waals surface area (Å²) in [5.74, 6) is 1.77. The van der Waals surface area contributed by atoms with Gasteiger partial charge in [0.15, 0.2) is 11.5 Å². The second kappa shape index (κ2) is 6.33. The average molecular weight is 349 g/mol. The average Bonchev–Trinajstić information content (AvgIpc) is 2.75. The maximum Gasteiger partial charge on any atom is 0.151 e. The Labute approximate surface area is 159 Å². The van der Waals surface area contributed by atoms with Crippen LogP contribution >= 0.6 is 0 Å². The molecule has 1 aliphatic heterocycles. The Kier molecular flexibility index (Phi) is 3.68. The van der Waals surface area contributed by atoms with Crippen LogP contribution in [0.25, 0.3) is 22.3 Å². The summed E-state index contributed by atoms with van der Waals surface area (Å²) in [7, 11) is 2.10. The number of ether oxygens (including phenoxy) is 1. The predicted octanol–water partition coefficient (Wildman–Crippen LogP) is 6.89. The van der Waals surface area contributed by atoms with Crippen molar-refractivity contribution in [2.75, 3.05) is 11.9 Å². The summed E-state index contributed by atoms with van der Waals surface area (Å²) in [4.78, 5) is 2.22. The number of hydrogen-bond donors (Lipinski definition) is 0. The van der Waals surface area contributed by atoms with E-state index in [-0.39, 0.29) is 0 Å². The highest BCUT2D eigenvalue weighted by atomic mass is 16.5. The van der Waals surface area contributed by atoms with Crippen molar-refractivity contribution in [3.8, 4) is 33.8 Å². The van der Waals surface area contributed by atoms with Crippen molar-refractivity contribution in [2.45, 2.75) is 0 Å². The van der Waals surface area contributed by atoms with Gasteiger partial charge >= 0.3 is 0 Å². The lowest BCUT2D eigenvalue weighted by atomic mass is 10.0. The summed E-state index contributed by atoms with van der Waals surface area (Å²) in [5, 5.41) is 0. The molecule has 0 spiro atoms. The van der Waals surface area contributed by atoms with E-state index in [1.807, 2.05) is 12.1 Å². The first kappa shape index (κ1) is 15.7. The summed E-state index contributed by atoms with van der Waals surface area (Å²) >= 11 is 0. The zero-order chi connectivity index (χ0) is 18.2. The van der Waals surface area contributed by atoms with Crippen LogP contribution in [0.1, 0.15) is 0 Å². The fourth-order valence-corrected chi connectivity index (χ4v) is 3.60. The van der Waals surface area contributed by atoms with Crippen molar-refractivity contribution in [1.29, 1.82) is 0 Å². The van der Waals surface area contributed by atoms with Crippen LogP contribution in [0.3, 0.4) is 0 Å². The Morgan fingerprint density at radius 3 is 1.41 bits per heavy atom. The summed E-state index contributed by atoms with van der Waals surface area (Å²) < 4.78 is 6.19. The third-order valence-corrected chi connectivity index (χ3v) is 5.07. The molecule has 0 amide bonds. The van der Waals surface area contributed by atoms with E-state index >= 15 is 0 Å². The molecule has 5 rings (SSSR count). The summed E-state index contributed by atoms with van der Waals surface area (Å²) in [5.41, 5.74) is 6.94. The van der Waals surface area contributed by atoms with Crippen molar-refractivity contribution in [1.82, 2.24) is 0 Å². The second-order valence-corrected chi connectivity index (χ2v) is 6.76. The van der Waals surface area contributed by atoms with Gasteiger partial charge in [-0.3, -0.25) is 0 Å². The fraction of sp³-hybridized carbons (Fsp3) is 0.0400. The van der Waals surface area contributed by atoms with Crippen LogP contribution in [-0.4, -0.2) is 7.05 Å². The molecule has 0 unspecified atom stereocenters. The SMILES string of the molecule is CN1c2cc(-c3ccccc3)ccc2Oc2ccc(-c3ccccc3)cc21. The van der Waals surface area contributed by atoms with Gasteiger partial charge < -0.3 is 9.64 Å². The molecule has 0 fully saturated rings. The number of hydrogen-bond acceptors (Lipinski definition) is 2. The van der Waals surface area contributed by atoms with E-state index in [0.717, 1.165) is 22.9 Å². The molecular weight excluding hydrogens is 330 g/mol. The van der Waals surface area contributed by atoms with Gasteiger partial charge in [-0.25, -0.2) is 0 Å². The third kappa shape index (κ3) is 2.76. The Morgan fingerprint density at radius 1 is 0.519 bits per heavy atom. The fourth-order valence-electron chi connectivity index (χ4n) is 3.60. The topological polar surface area (TPSA) is 12.5 Å². The van der Waals surface area contributed by atoms with Crippen LogP contribution in [0.4, 0.5) is 11.4 Å². The van der Waals surface area contributed by atoms with E-state index in [0.29, 0.717) is 0 Å². The molecule has 2 heteroatoms. The molecule has 0 atom stereocenters. The molecule has 0 N–H and O–H groups in total. The summed E-state index contributed by atoms with van der Waals surface area (Å²) in [6.45, 7) is 0. The maximum atomic E-state index is 6.19.